The van der Waals surface area contributed by atoms with Crippen LogP contribution in [0.1, 0.15) is 24.0 Å². The third-order valence-electron chi connectivity index (χ3n) is 4.29. The molecule has 2 heterocycles. The zero-order valence-electron chi connectivity index (χ0n) is 13.7. The Morgan fingerprint density at radius 1 is 1.17 bits per heavy atom. The van der Waals surface area contributed by atoms with Gasteiger partial charge in [0, 0.05) is 32.0 Å². The van der Waals surface area contributed by atoms with Gasteiger partial charge in [-0.25, -0.2) is 18.7 Å². The van der Waals surface area contributed by atoms with Crippen LogP contribution >= 0.6 is 0 Å². The normalized spacial score (nSPS) is 16.3. The number of hydrogen-bond acceptors (Lipinski definition) is 4. The van der Waals surface area contributed by atoms with Crippen LogP contribution in [0.25, 0.3) is 0 Å². The summed E-state index contributed by atoms with van der Waals surface area (Å²) in [6.07, 6.45) is 5.85. The molecule has 4 nitrogen and oxygen atoms in total. The zero-order chi connectivity index (χ0) is 16.9. The number of likely N-dealkylation sites (tertiary alicyclic amines) is 1. The standard InChI is InChI=1S/C18H21F2N3O/c1-13-11-21-18(22-12-13)24-15-6-9-23(10-7-15)8-5-14-3-2-4-16(19)17(14)20/h2-4,11-12,15H,5-10H2,1H3. The van der Waals surface area contributed by atoms with Crippen molar-refractivity contribution >= 4 is 0 Å². The van der Waals surface area contributed by atoms with E-state index in [0.29, 0.717) is 24.5 Å². The van der Waals surface area contributed by atoms with Gasteiger partial charge in [-0.1, -0.05) is 12.1 Å². The van der Waals surface area contributed by atoms with Gasteiger partial charge in [-0.2, -0.15) is 0 Å². The predicted octanol–water partition coefficient (Wildman–Crippen LogP) is 3.15. The fourth-order valence-electron chi connectivity index (χ4n) is 2.86. The fraction of sp³-hybridized carbons (Fsp3) is 0.444. The SMILES string of the molecule is Cc1cnc(OC2CCN(CCc3cccc(F)c3F)CC2)nc1. The molecule has 0 radical (unpaired) electrons. The molecular formula is C18H21F2N3O. The second kappa shape index (κ2) is 7.66. The van der Waals surface area contributed by atoms with E-state index in [-0.39, 0.29) is 6.10 Å². The van der Waals surface area contributed by atoms with Gasteiger partial charge in [-0.15, -0.1) is 0 Å². The molecule has 0 aliphatic carbocycles. The third-order valence-corrected chi connectivity index (χ3v) is 4.29. The van der Waals surface area contributed by atoms with Crippen LogP contribution < -0.4 is 4.74 Å². The molecule has 6 heteroatoms. The summed E-state index contributed by atoms with van der Waals surface area (Å²) in [5, 5.41) is 0. The van der Waals surface area contributed by atoms with E-state index in [0.717, 1.165) is 37.6 Å². The average molecular weight is 333 g/mol. The van der Waals surface area contributed by atoms with Crippen molar-refractivity contribution in [1.29, 1.82) is 0 Å². The lowest BCUT2D eigenvalue weighted by atomic mass is 10.1. The van der Waals surface area contributed by atoms with E-state index < -0.39 is 11.6 Å². The van der Waals surface area contributed by atoms with Gasteiger partial charge in [0.2, 0.25) is 0 Å². The summed E-state index contributed by atoms with van der Waals surface area (Å²) in [4.78, 5) is 10.6. The molecular weight excluding hydrogens is 312 g/mol. The molecule has 0 saturated carbocycles. The number of halogens is 2. The van der Waals surface area contributed by atoms with Crippen molar-refractivity contribution in [3.05, 3.63) is 53.4 Å². The van der Waals surface area contributed by atoms with Gasteiger partial charge < -0.3 is 9.64 Å². The first kappa shape index (κ1) is 16.8. The summed E-state index contributed by atoms with van der Waals surface area (Å²) in [5.74, 6) is -1.51. The molecule has 0 amide bonds. The summed E-state index contributed by atoms with van der Waals surface area (Å²) in [5.41, 5.74) is 1.43. The maximum Gasteiger partial charge on any atom is 0.316 e. The fourth-order valence-corrected chi connectivity index (χ4v) is 2.86. The van der Waals surface area contributed by atoms with Crippen LogP contribution in [0.4, 0.5) is 8.78 Å². The van der Waals surface area contributed by atoms with Crippen LogP contribution in [0, 0.1) is 18.6 Å². The highest BCUT2D eigenvalue weighted by atomic mass is 19.2. The Kier molecular flexibility index (Phi) is 5.35. The Morgan fingerprint density at radius 2 is 1.88 bits per heavy atom. The molecule has 1 fully saturated rings. The number of ether oxygens (including phenoxy) is 1. The van der Waals surface area contributed by atoms with Crippen LogP contribution in [0.5, 0.6) is 6.01 Å². The van der Waals surface area contributed by atoms with E-state index in [9.17, 15) is 8.78 Å². The largest absolute Gasteiger partial charge is 0.460 e. The topological polar surface area (TPSA) is 38.2 Å². The lowest BCUT2D eigenvalue weighted by Gasteiger charge is -2.31. The van der Waals surface area contributed by atoms with Gasteiger partial charge in [0.05, 0.1) is 0 Å². The van der Waals surface area contributed by atoms with Gasteiger partial charge in [-0.05, 0) is 43.4 Å². The van der Waals surface area contributed by atoms with Crippen molar-refractivity contribution in [2.24, 2.45) is 0 Å². The van der Waals surface area contributed by atoms with Gasteiger partial charge in [0.1, 0.15) is 6.10 Å². The molecule has 0 spiro atoms. The lowest BCUT2D eigenvalue weighted by molar-refractivity contribution is 0.0932. The highest BCUT2D eigenvalue weighted by molar-refractivity contribution is 5.19. The summed E-state index contributed by atoms with van der Waals surface area (Å²) >= 11 is 0. The van der Waals surface area contributed by atoms with Crippen LogP contribution in [0.15, 0.2) is 30.6 Å². The molecule has 0 atom stereocenters. The highest BCUT2D eigenvalue weighted by Crippen LogP contribution is 2.17. The molecule has 0 N–H and O–H groups in total. The van der Waals surface area contributed by atoms with E-state index in [1.54, 1.807) is 24.5 Å². The Hall–Kier alpha value is -2.08. The molecule has 1 aromatic heterocycles. The maximum absolute atomic E-state index is 13.7. The molecule has 0 unspecified atom stereocenters. The number of rotatable bonds is 5. The second-order valence-electron chi connectivity index (χ2n) is 6.16. The minimum absolute atomic E-state index is 0.106. The van der Waals surface area contributed by atoms with Crippen LogP contribution in [0.3, 0.4) is 0 Å². The van der Waals surface area contributed by atoms with Gasteiger partial charge in [0.25, 0.3) is 0 Å². The second-order valence-corrected chi connectivity index (χ2v) is 6.16. The van der Waals surface area contributed by atoms with E-state index in [1.807, 2.05) is 6.92 Å². The van der Waals surface area contributed by atoms with E-state index >= 15 is 0 Å². The Morgan fingerprint density at radius 3 is 2.58 bits per heavy atom. The Balaban J connectivity index is 1.45. The van der Waals surface area contributed by atoms with Crippen LogP contribution in [-0.4, -0.2) is 40.6 Å². The van der Waals surface area contributed by atoms with E-state index in [4.69, 9.17) is 4.74 Å². The predicted molar refractivity (Wildman–Crippen MR) is 86.9 cm³/mol. The number of nitrogens with zero attached hydrogens (tertiary/aromatic N) is 3. The smallest absolute Gasteiger partial charge is 0.316 e. The van der Waals surface area contributed by atoms with Gasteiger partial charge in [-0.3, -0.25) is 0 Å². The summed E-state index contributed by atoms with van der Waals surface area (Å²) < 4.78 is 32.7. The van der Waals surface area contributed by atoms with Crippen LogP contribution in [0.2, 0.25) is 0 Å². The number of benzene rings is 1. The van der Waals surface area contributed by atoms with E-state index in [1.165, 1.54) is 0 Å². The molecule has 1 aliphatic heterocycles. The summed E-state index contributed by atoms with van der Waals surface area (Å²) in [7, 11) is 0. The minimum Gasteiger partial charge on any atom is -0.460 e. The third kappa shape index (κ3) is 4.26. The highest BCUT2D eigenvalue weighted by Gasteiger charge is 2.21. The van der Waals surface area contributed by atoms with Crippen molar-refractivity contribution in [3.63, 3.8) is 0 Å². The molecule has 1 aliphatic rings. The van der Waals surface area contributed by atoms with Crippen molar-refractivity contribution in [1.82, 2.24) is 14.9 Å². The van der Waals surface area contributed by atoms with Crippen molar-refractivity contribution in [2.75, 3.05) is 19.6 Å². The van der Waals surface area contributed by atoms with Crippen molar-refractivity contribution in [2.45, 2.75) is 32.3 Å². The number of aromatic nitrogens is 2. The number of hydrogen-bond donors (Lipinski definition) is 0. The molecule has 24 heavy (non-hydrogen) atoms. The molecule has 2 aromatic rings. The monoisotopic (exact) mass is 333 g/mol. The summed E-state index contributed by atoms with van der Waals surface area (Å²) in [6, 6.07) is 4.76. The molecule has 3 rings (SSSR count). The lowest BCUT2D eigenvalue weighted by Crippen LogP contribution is -2.39. The first-order valence-electron chi connectivity index (χ1n) is 8.22. The quantitative estimate of drug-likeness (QED) is 0.842. The molecule has 128 valence electrons. The Bertz CT molecular complexity index is 670. The minimum atomic E-state index is -0.780. The van der Waals surface area contributed by atoms with Gasteiger partial charge >= 0.3 is 6.01 Å². The van der Waals surface area contributed by atoms with Crippen molar-refractivity contribution < 1.29 is 13.5 Å². The molecule has 1 aromatic carbocycles. The average Bonchev–Trinajstić information content (AvgIpc) is 2.59. The van der Waals surface area contributed by atoms with E-state index in [2.05, 4.69) is 14.9 Å². The van der Waals surface area contributed by atoms with Gasteiger partial charge in [0.15, 0.2) is 11.6 Å². The first-order valence-corrected chi connectivity index (χ1v) is 8.22. The number of aryl methyl sites for hydroxylation is 1. The number of piperidine rings is 1. The molecule has 1 saturated heterocycles. The van der Waals surface area contributed by atoms with Crippen LogP contribution in [-0.2, 0) is 6.42 Å². The zero-order valence-corrected chi connectivity index (χ0v) is 13.7. The van der Waals surface area contributed by atoms with Crippen molar-refractivity contribution in [3.8, 4) is 6.01 Å². The Labute approximate surface area is 140 Å². The maximum atomic E-state index is 13.7. The molecule has 0 bridgehead atoms. The first-order chi connectivity index (χ1) is 11.6. The summed E-state index contributed by atoms with van der Waals surface area (Å²) in [6.45, 7) is 4.39.